The molecule has 0 saturated carbocycles. The third kappa shape index (κ3) is 2.06. The molecule has 50 valence electrons. The predicted octanol–water partition coefficient (Wildman–Crippen LogP) is 2.39. The molecule has 1 rings (SSSR count). The molecule has 1 heterocycles. The highest BCUT2D eigenvalue weighted by Crippen LogP contribution is 2.12. The summed E-state index contributed by atoms with van der Waals surface area (Å²) in [5.74, 6) is 0. The molecule has 0 amide bonds. The minimum absolute atomic E-state index is 1.04. The molecule has 0 fully saturated rings. The van der Waals surface area contributed by atoms with Gasteiger partial charge in [-0.05, 0) is 13.3 Å². The highest BCUT2D eigenvalue weighted by Gasteiger charge is 1.94. The molecule has 1 aromatic heterocycles. The maximum atomic E-state index is 4.13. The summed E-state index contributed by atoms with van der Waals surface area (Å²) >= 11 is 5.15. The molecular formula is C6H8BrNS. The van der Waals surface area contributed by atoms with Crippen molar-refractivity contribution in [2.24, 2.45) is 0 Å². The lowest BCUT2D eigenvalue weighted by molar-refractivity contribution is 1.19. The molecule has 9 heavy (non-hydrogen) atoms. The molecule has 0 spiro atoms. The Balaban J connectivity index is 2.61. The molecule has 0 bridgehead atoms. The van der Waals surface area contributed by atoms with E-state index in [9.17, 15) is 0 Å². The molecule has 1 nitrogen and oxygen atoms in total. The summed E-state index contributed by atoms with van der Waals surface area (Å²) in [7, 11) is 0. The second kappa shape index (κ2) is 3.32. The molecule has 0 aliphatic carbocycles. The quantitative estimate of drug-likeness (QED) is 0.677. The van der Waals surface area contributed by atoms with E-state index in [0.29, 0.717) is 0 Å². The standard InChI is InChI=1S/C6H8BrNS/c1-5-8-4-6(9-5)2-3-7/h4H,2-3H2,1H3. The van der Waals surface area contributed by atoms with Crippen LogP contribution in [0.15, 0.2) is 6.20 Å². The minimum Gasteiger partial charge on any atom is -0.250 e. The van der Waals surface area contributed by atoms with Crippen molar-refractivity contribution in [2.45, 2.75) is 13.3 Å². The van der Waals surface area contributed by atoms with Crippen molar-refractivity contribution in [3.8, 4) is 0 Å². The number of hydrogen-bond acceptors (Lipinski definition) is 2. The second-order valence-electron chi connectivity index (χ2n) is 1.78. The first kappa shape index (κ1) is 7.22. The summed E-state index contributed by atoms with van der Waals surface area (Å²) in [5, 5.41) is 2.19. The van der Waals surface area contributed by atoms with Crippen LogP contribution in [0.5, 0.6) is 0 Å². The van der Waals surface area contributed by atoms with Gasteiger partial charge in [0, 0.05) is 16.4 Å². The van der Waals surface area contributed by atoms with Gasteiger partial charge >= 0.3 is 0 Å². The fourth-order valence-electron chi connectivity index (χ4n) is 0.614. The minimum atomic E-state index is 1.04. The van der Waals surface area contributed by atoms with Crippen LogP contribution in [0.1, 0.15) is 9.88 Å². The van der Waals surface area contributed by atoms with E-state index in [-0.39, 0.29) is 0 Å². The van der Waals surface area contributed by atoms with E-state index in [1.807, 2.05) is 13.1 Å². The molecule has 0 aromatic carbocycles. The summed E-state index contributed by atoms with van der Waals surface area (Å²) in [4.78, 5) is 5.50. The Morgan fingerprint density at radius 3 is 3.00 bits per heavy atom. The van der Waals surface area contributed by atoms with Gasteiger partial charge in [0.05, 0.1) is 5.01 Å². The lowest BCUT2D eigenvalue weighted by atomic mass is 10.4. The maximum Gasteiger partial charge on any atom is 0.0896 e. The van der Waals surface area contributed by atoms with Crippen LogP contribution in [0.3, 0.4) is 0 Å². The van der Waals surface area contributed by atoms with Crippen molar-refractivity contribution in [1.82, 2.24) is 4.98 Å². The van der Waals surface area contributed by atoms with Gasteiger partial charge in [0.1, 0.15) is 0 Å². The van der Waals surface area contributed by atoms with Crippen LogP contribution >= 0.6 is 27.3 Å². The topological polar surface area (TPSA) is 12.9 Å². The number of aryl methyl sites for hydroxylation is 2. The monoisotopic (exact) mass is 205 g/mol. The Bertz CT molecular complexity index is 185. The zero-order valence-electron chi connectivity index (χ0n) is 5.22. The first-order valence-electron chi connectivity index (χ1n) is 2.80. The third-order valence-corrected chi connectivity index (χ3v) is 2.38. The van der Waals surface area contributed by atoms with Crippen LogP contribution in [-0.2, 0) is 6.42 Å². The van der Waals surface area contributed by atoms with Crippen molar-refractivity contribution in [1.29, 1.82) is 0 Å². The molecule has 0 N–H and O–H groups in total. The van der Waals surface area contributed by atoms with Crippen molar-refractivity contribution < 1.29 is 0 Å². The van der Waals surface area contributed by atoms with Gasteiger partial charge in [0.15, 0.2) is 0 Å². The number of thiazole rings is 1. The van der Waals surface area contributed by atoms with E-state index in [4.69, 9.17) is 0 Å². The Hall–Kier alpha value is 0.110. The summed E-state index contributed by atoms with van der Waals surface area (Å²) in [6, 6.07) is 0. The first-order chi connectivity index (χ1) is 4.33. The summed E-state index contributed by atoms with van der Waals surface area (Å²) in [6.45, 7) is 2.03. The van der Waals surface area contributed by atoms with Gasteiger partial charge in [-0.15, -0.1) is 11.3 Å². The SMILES string of the molecule is Cc1ncc(CCBr)s1. The number of rotatable bonds is 2. The average molecular weight is 206 g/mol. The Kier molecular flexibility index (Phi) is 2.66. The molecule has 0 aliphatic heterocycles. The van der Waals surface area contributed by atoms with E-state index in [2.05, 4.69) is 20.9 Å². The molecule has 1 aromatic rings. The van der Waals surface area contributed by atoms with Gasteiger partial charge in [-0.3, -0.25) is 0 Å². The van der Waals surface area contributed by atoms with Crippen LogP contribution < -0.4 is 0 Å². The van der Waals surface area contributed by atoms with Gasteiger partial charge in [-0.2, -0.15) is 0 Å². The highest BCUT2D eigenvalue weighted by atomic mass is 79.9. The fourth-order valence-corrected chi connectivity index (χ4v) is 2.10. The van der Waals surface area contributed by atoms with Crippen LogP contribution in [0.2, 0.25) is 0 Å². The lowest BCUT2D eigenvalue weighted by Gasteiger charge is -1.83. The van der Waals surface area contributed by atoms with Crippen molar-refractivity contribution in [2.75, 3.05) is 5.33 Å². The number of alkyl halides is 1. The summed E-state index contributed by atoms with van der Waals surface area (Å²) in [5.41, 5.74) is 0. The Labute approximate surface area is 67.3 Å². The van der Waals surface area contributed by atoms with Crippen molar-refractivity contribution in [3.05, 3.63) is 16.1 Å². The smallest absolute Gasteiger partial charge is 0.0896 e. The van der Waals surface area contributed by atoms with Gasteiger partial charge < -0.3 is 0 Å². The number of aromatic nitrogens is 1. The molecule has 0 aliphatic rings. The van der Waals surface area contributed by atoms with Crippen LogP contribution in [0.4, 0.5) is 0 Å². The molecule has 3 heteroatoms. The fraction of sp³-hybridized carbons (Fsp3) is 0.500. The summed E-state index contributed by atoms with van der Waals surface area (Å²) < 4.78 is 0. The molecule has 0 radical (unpaired) electrons. The lowest BCUT2D eigenvalue weighted by Crippen LogP contribution is -1.76. The molecule has 0 unspecified atom stereocenters. The third-order valence-electron chi connectivity index (χ3n) is 1.01. The maximum absolute atomic E-state index is 4.13. The summed E-state index contributed by atoms with van der Waals surface area (Å²) in [6.07, 6.45) is 3.05. The van der Waals surface area contributed by atoms with Gasteiger partial charge in [0.25, 0.3) is 0 Å². The van der Waals surface area contributed by atoms with Crippen LogP contribution in [0, 0.1) is 6.92 Å². The normalized spacial score (nSPS) is 10.0. The van der Waals surface area contributed by atoms with Crippen LogP contribution in [0.25, 0.3) is 0 Å². The second-order valence-corrected chi connectivity index (χ2v) is 3.90. The van der Waals surface area contributed by atoms with Crippen LogP contribution in [-0.4, -0.2) is 10.3 Å². The van der Waals surface area contributed by atoms with E-state index in [0.717, 1.165) is 16.8 Å². The molecule has 0 saturated heterocycles. The van der Waals surface area contributed by atoms with Gasteiger partial charge in [-0.25, -0.2) is 4.98 Å². The Morgan fingerprint density at radius 1 is 1.78 bits per heavy atom. The largest absolute Gasteiger partial charge is 0.250 e. The number of halogens is 1. The number of nitrogens with zero attached hydrogens (tertiary/aromatic N) is 1. The zero-order valence-corrected chi connectivity index (χ0v) is 7.63. The van der Waals surface area contributed by atoms with Gasteiger partial charge in [-0.1, -0.05) is 15.9 Å². The van der Waals surface area contributed by atoms with E-state index < -0.39 is 0 Å². The number of hydrogen-bond donors (Lipinski definition) is 0. The predicted molar refractivity (Wildman–Crippen MR) is 44.3 cm³/mol. The van der Waals surface area contributed by atoms with E-state index in [1.165, 1.54) is 4.88 Å². The molecular weight excluding hydrogens is 198 g/mol. The first-order valence-corrected chi connectivity index (χ1v) is 4.74. The van der Waals surface area contributed by atoms with Crippen molar-refractivity contribution in [3.63, 3.8) is 0 Å². The van der Waals surface area contributed by atoms with Crippen molar-refractivity contribution >= 4 is 27.3 Å². The average Bonchev–Trinajstić information content (AvgIpc) is 2.17. The Morgan fingerprint density at radius 2 is 2.56 bits per heavy atom. The zero-order chi connectivity index (χ0) is 6.69. The molecule has 0 atom stereocenters. The highest BCUT2D eigenvalue weighted by molar-refractivity contribution is 9.09. The van der Waals surface area contributed by atoms with Gasteiger partial charge in [0.2, 0.25) is 0 Å². The van der Waals surface area contributed by atoms with E-state index >= 15 is 0 Å². The van der Waals surface area contributed by atoms with E-state index in [1.54, 1.807) is 11.3 Å².